The zero-order valence-electron chi connectivity index (χ0n) is 14.2. The Labute approximate surface area is 132 Å². The summed E-state index contributed by atoms with van der Waals surface area (Å²) in [5.74, 6) is 0. The van der Waals surface area contributed by atoms with Crippen LogP contribution in [0.25, 0.3) is 0 Å². The number of hydrogen-bond acceptors (Lipinski definition) is 1. The Kier molecular flexibility index (Phi) is 11.2. The van der Waals surface area contributed by atoms with E-state index in [0.717, 1.165) is 6.54 Å². The molecule has 1 heteroatoms. The lowest BCUT2D eigenvalue weighted by molar-refractivity contribution is 0.458. The molecule has 0 spiro atoms. The number of benzene rings is 1. The molecule has 0 aliphatic rings. The molecule has 21 heavy (non-hydrogen) atoms. The fraction of sp³-hybridized carbons (Fsp3) is 0.700. The van der Waals surface area contributed by atoms with Crippen molar-refractivity contribution in [3.05, 3.63) is 35.9 Å². The van der Waals surface area contributed by atoms with Gasteiger partial charge in [0.05, 0.1) is 0 Å². The molecule has 120 valence electrons. The molecular weight excluding hydrogens is 254 g/mol. The average Bonchev–Trinajstić information content (AvgIpc) is 2.53. The van der Waals surface area contributed by atoms with Gasteiger partial charge in [0.1, 0.15) is 0 Å². The van der Waals surface area contributed by atoms with Crippen LogP contribution < -0.4 is 5.32 Å². The van der Waals surface area contributed by atoms with Crippen molar-refractivity contribution in [3.8, 4) is 0 Å². The summed E-state index contributed by atoms with van der Waals surface area (Å²) in [6.07, 6.45) is 13.5. The number of unbranched alkanes of at least 4 members (excludes halogenated alkanes) is 7. The zero-order valence-corrected chi connectivity index (χ0v) is 14.2. The summed E-state index contributed by atoms with van der Waals surface area (Å²) in [7, 11) is 0. The maximum absolute atomic E-state index is 3.79. The highest BCUT2D eigenvalue weighted by Crippen LogP contribution is 2.20. The Morgan fingerprint density at radius 3 is 2.05 bits per heavy atom. The molecule has 1 nitrogen and oxygen atoms in total. The van der Waals surface area contributed by atoms with Crippen LogP contribution in [0.5, 0.6) is 0 Å². The first-order chi connectivity index (χ1) is 10.4. The summed E-state index contributed by atoms with van der Waals surface area (Å²) >= 11 is 0. The van der Waals surface area contributed by atoms with Crippen LogP contribution in [0.15, 0.2) is 30.3 Å². The molecule has 0 bridgehead atoms. The predicted molar refractivity (Wildman–Crippen MR) is 94.7 cm³/mol. The van der Waals surface area contributed by atoms with Crippen LogP contribution >= 0.6 is 0 Å². The second-order valence-electron chi connectivity index (χ2n) is 6.18. The molecule has 1 N–H and O–H groups in total. The van der Waals surface area contributed by atoms with Crippen LogP contribution in [0.3, 0.4) is 0 Å². The smallest absolute Gasteiger partial charge is 0.0320 e. The molecule has 0 saturated heterocycles. The topological polar surface area (TPSA) is 12.0 Å². The fourth-order valence-electron chi connectivity index (χ4n) is 2.85. The number of nitrogens with one attached hydrogen (secondary N) is 1. The summed E-state index contributed by atoms with van der Waals surface area (Å²) in [5, 5.41) is 3.79. The fourth-order valence-corrected chi connectivity index (χ4v) is 2.85. The van der Waals surface area contributed by atoms with E-state index >= 15 is 0 Å². The van der Waals surface area contributed by atoms with Gasteiger partial charge in [-0.05, 0) is 24.9 Å². The van der Waals surface area contributed by atoms with E-state index < -0.39 is 0 Å². The van der Waals surface area contributed by atoms with Crippen molar-refractivity contribution in [2.75, 3.05) is 6.54 Å². The Bertz CT molecular complexity index is 320. The van der Waals surface area contributed by atoms with Gasteiger partial charge < -0.3 is 5.32 Å². The molecule has 0 heterocycles. The molecule has 1 aromatic carbocycles. The molecule has 1 rings (SSSR count). The van der Waals surface area contributed by atoms with Crippen molar-refractivity contribution in [1.82, 2.24) is 5.32 Å². The summed E-state index contributed by atoms with van der Waals surface area (Å²) in [6, 6.07) is 11.5. The molecule has 0 aromatic heterocycles. The highest BCUT2D eigenvalue weighted by Gasteiger charge is 2.09. The van der Waals surface area contributed by atoms with Gasteiger partial charge in [0.2, 0.25) is 0 Å². The minimum Gasteiger partial charge on any atom is -0.310 e. The van der Waals surface area contributed by atoms with Crippen molar-refractivity contribution in [1.29, 1.82) is 0 Å². The maximum atomic E-state index is 3.79. The Balaban J connectivity index is 2.30. The van der Waals surface area contributed by atoms with E-state index in [1.165, 1.54) is 69.8 Å². The number of rotatable bonds is 13. The van der Waals surface area contributed by atoms with E-state index in [1.54, 1.807) is 0 Å². The summed E-state index contributed by atoms with van der Waals surface area (Å²) in [5.41, 5.74) is 1.46. The second-order valence-corrected chi connectivity index (χ2v) is 6.18. The molecule has 0 saturated carbocycles. The van der Waals surface area contributed by atoms with Crippen molar-refractivity contribution in [2.24, 2.45) is 0 Å². The minimum absolute atomic E-state index is 0.550. The molecule has 1 unspecified atom stereocenters. The van der Waals surface area contributed by atoms with Crippen LogP contribution in [0, 0.1) is 0 Å². The van der Waals surface area contributed by atoms with Crippen molar-refractivity contribution < 1.29 is 0 Å². The summed E-state index contributed by atoms with van der Waals surface area (Å²) < 4.78 is 0. The molecular formula is C20H35N. The van der Waals surface area contributed by atoms with Crippen molar-refractivity contribution >= 4 is 0 Å². The van der Waals surface area contributed by atoms with Crippen molar-refractivity contribution in [2.45, 2.75) is 84.1 Å². The van der Waals surface area contributed by atoms with Crippen LogP contribution in [0.2, 0.25) is 0 Å². The Morgan fingerprint density at radius 2 is 1.38 bits per heavy atom. The van der Waals surface area contributed by atoms with Gasteiger partial charge in [-0.25, -0.2) is 0 Å². The summed E-state index contributed by atoms with van der Waals surface area (Å²) in [4.78, 5) is 0. The van der Waals surface area contributed by atoms with E-state index in [1.807, 2.05) is 0 Å². The lowest BCUT2D eigenvalue weighted by atomic mass is 9.99. The first kappa shape index (κ1) is 18.2. The Hall–Kier alpha value is -0.820. The van der Waals surface area contributed by atoms with Crippen LogP contribution in [0.1, 0.15) is 89.7 Å². The van der Waals surface area contributed by atoms with Gasteiger partial charge in [0, 0.05) is 6.04 Å². The minimum atomic E-state index is 0.550. The van der Waals surface area contributed by atoms with E-state index in [0.29, 0.717) is 6.04 Å². The summed E-state index contributed by atoms with van der Waals surface area (Å²) in [6.45, 7) is 5.72. The standard InChI is InChI=1S/C20H35N/c1-3-5-7-9-14-18-21-20(17-13-8-6-4-2)19-15-11-10-12-16-19/h10-12,15-16,20-21H,3-9,13-14,17-18H2,1-2H3. The van der Waals surface area contributed by atoms with E-state index in [4.69, 9.17) is 0 Å². The molecule has 0 aliphatic carbocycles. The quantitative estimate of drug-likeness (QED) is 0.423. The monoisotopic (exact) mass is 289 g/mol. The van der Waals surface area contributed by atoms with Gasteiger partial charge in [-0.15, -0.1) is 0 Å². The maximum Gasteiger partial charge on any atom is 0.0320 e. The molecule has 0 amide bonds. The third-order valence-corrected chi connectivity index (χ3v) is 4.22. The van der Waals surface area contributed by atoms with Gasteiger partial charge in [0.25, 0.3) is 0 Å². The largest absolute Gasteiger partial charge is 0.310 e. The van der Waals surface area contributed by atoms with Crippen LogP contribution in [-0.2, 0) is 0 Å². The predicted octanol–water partition coefficient (Wildman–Crippen LogP) is 6.26. The van der Waals surface area contributed by atoms with Gasteiger partial charge in [-0.2, -0.15) is 0 Å². The average molecular weight is 290 g/mol. The van der Waals surface area contributed by atoms with Gasteiger partial charge in [-0.3, -0.25) is 0 Å². The van der Waals surface area contributed by atoms with Crippen LogP contribution in [0.4, 0.5) is 0 Å². The molecule has 0 fully saturated rings. The van der Waals surface area contributed by atoms with Crippen LogP contribution in [-0.4, -0.2) is 6.54 Å². The Morgan fingerprint density at radius 1 is 0.762 bits per heavy atom. The highest BCUT2D eigenvalue weighted by atomic mass is 14.9. The van der Waals surface area contributed by atoms with E-state index in [2.05, 4.69) is 49.5 Å². The van der Waals surface area contributed by atoms with Crippen molar-refractivity contribution in [3.63, 3.8) is 0 Å². The third-order valence-electron chi connectivity index (χ3n) is 4.22. The molecule has 1 aromatic rings. The SMILES string of the molecule is CCCCCCCNC(CCCCCC)c1ccccc1. The number of hydrogen-bond donors (Lipinski definition) is 1. The first-order valence-corrected chi connectivity index (χ1v) is 9.16. The van der Waals surface area contributed by atoms with E-state index in [9.17, 15) is 0 Å². The molecule has 0 radical (unpaired) electrons. The van der Waals surface area contributed by atoms with E-state index in [-0.39, 0.29) is 0 Å². The molecule has 1 atom stereocenters. The van der Waals surface area contributed by atoms with Gasteiger partial charge in [-0.1, -0.05) is 95.5 Å². The normalized spacial score (nSPS) is 12.5. The third kappa shape index (κ3) is 8.93. The molecule has 0 aliphatic heterocycles. The zero-order chi connectivity index (χ0) is 15.2. The van der Waals surface area contributed by atoms with Gasteiger partial charge >= 0.3 is 0 Å². The second kappa shape index (κ2) is 12.9. The lowest BCUT2D eigenvalue weighted by Crippen LogP contribution is -2.22. The van der Waals surface area contributed by atoms with Gasteiger partial charge in [0.15, 0.2) is 0 Å². The highest BCUT2D eigenvalue weighted by molar-refractivity contribution is 5.18. The first-order valence-electron chi connectivity index (χ1n) is 9.16. The lowest BCUT2D eigenvalue weighted by Gasteiger charge is -2.19.